The van der Waals surface area contributed by atoms with E-state index in [0.717, 1.165) is 25.5 Å². The summed E-state index contributed by atoms with van der Waals surface area (Å²) in [5, 5.41) is 14.1. The molecule has 1 fully saturated rings. The van der Waals surface area contributed by atoms with Crippen LogP contribution in [0.5, 0.6) is 0 Å². The van der Waals surface area contributed by atoms with Crippen LogP contribution in [0.4, 0.5) is 8.78 Å². The van der Waals surface area contributed by atoms with E-state index in [4.69, 9.17) is 0 Å². The van der Waals surface area contributed by atoms with E-state index in [1.54, 1.807) is 16.9 Å². The number of aromatic nitrogens is 3. The first-order valence-corrected chi connectivity index (χ1v) is 9.30. The maximum absolute atomic E-state index is 13.6. The van der Waals surface area contributed by atoms with Crippen molar-refractivity contribution in [2.75, 3.05) is 13.1 Å². The number of aryl methyl sites for hydroxylation is 1. The third kappa shape index (κ3) is 5.48. The minimum absolute atomic E-state index is 0. The Morgan fingerprint density at radius 2 is 2.14 bits per heavy atom. The topological polar surface area (TPSA) is 71.8 Å². The molecule has 1 aromatic heterocycles. The summed E-state index contributed by atoms with van der Waals surface area (Å²) in [5.74, 6) is -1.61. The van der Waals surface area contributed by atoms with Crippen LogP contribution in [0.25, 0.3) is 0 Å². The molecule has 154 valence electrons. The summed E-state index contributed by atoms with van der Waals surface area (Å²) in [6, 6.07) is 3.69. The van der Waals surface area contributed by atoms with Crippen LogP contribution in [0.3, 0.4) is 0 Å². The van der Waals surface area contributed by atoms with Crippen molar-refractivity contribution < 1.29 is 13.6 Å². The van der Waals surface area contributed by atoms with Gasteiger partial charge in [0.05, 0.1) is 6.20 Å². The van der Waals surface area contributed by atoms with Crippen LogP contribution < -0.4 is 10.6 Å². The highest BCUT2D eigenvalue weighted by atomic mass is 35.5. The minimum atomic E-state index is -0.871. The molecule has 1 amide bonds. The summed E-state index contributed by atoms with van der Waals surface area (Å²) >= 11 is 0. The maximum atomic E-state index is 13.6. The Balaban J connectivity index is 0.00000280. The molecule has 1 aliphatic rings. The normalized spacial score (nSPS) is 19.3. The van der Waals surface area contributed by atoms with Crippen LogP contribution in [-0.2, 0) is 6.54 Å². The van der Waals surface area contributed by atoms with Crippen molar-refractivity contribution >= 4 is 18.3 Å². The summed E-state index contributed by atoms with van der Waals surface area (Å²) in [7, 11) is 0. The van der Waals surface area contributed by atoms with E-state index in [-0.39, 0.29) is 36.0 Å². The van der Waals surface area contributed by atoms with E-state index in [9.17, 15) is 13.6 Å². The Kier molecular flexibility index (Phi) is 7.88. The van der Waals surface area contributed by atoms with Gasteiger partial charge < -0.3 is 10.6 Å². The van der Waals surface area contributed by atoms with Gasteiger partial charge in [-0.25, -0.2) is 8.78 Å². The van der Waals surface area contributed by atoms with Gasteiger partial charge in [-0.2, -0.15) is 0 Å². The molecule has 1 saturated heterocycles. The summed E-state index contributed by atoms with van der Waals surface area (Å²) in [6.07, 6.45) is 3.31. The zero-order valence-corrected chi connectivity index (χ0v) is 16.8. The van der Waals surface area contributed by atoms with Crippen LogP contribution in [0, 0.1) is 17.6 Å². The lowest BCUT2D eigenvalue weighted by molar-refractivity contribution is 0.0919. The Morgan fingerprint density at radius 3 is 2.86 bits per heavy atom. The highest BCUT2D eigenvalue weighted by Crippen LogP contribution is 2.27. The number of hydrogen-bond acceptors (Lipinski definition) is 4. The number of halogens is 3. The maximum Gasteiger partial charge on any atom is 0.273 e. The summed E-state index contributed by atoms with van der Waals surface area (Å²) in [5.41, 5.74) is 0.939. The molecule has 2 aromatic rings. The molecule has 0 bridgehead atoms. The lowest BCUT2D eigenvalue weighted by Gasteiger charge is -2.33. The quantitative estimate of drug-likeness (QED) is 0.763. The molecule has 3 rings (SSSR count). The standard InChI is InChI=1S/C19H25F2N5O.ClH/c1-12(2)6-8-26-11-18(24-25-26)19(27)23-17-10-22-7-5-14(17)13-3-4-15(20)16(21)9-13;/h3-4,9,11-12,14,17,22H,5-8,10H2,1-2H3,(H,23,27);1H. The number of hydrogen-bond donors (Lipinski definition) is 2. The predicted molar refractivity (Wildman–Crippen MR) is 105 cm³/mol. The number of piperidine rings is 1. The van der Waals surface area contributed by atoms with Crippen molar-refractivity contribution in [3.05, 3.63) is 47.3 Å². The highest BCUT2D eigenvalue weighted by molar-refractivity contribution is 5.92. The van der Waals surface area contributed by atoms with Gasteiger partial charge in [-0.15, -0.1) is 17.5 Å². The molecule has 9 heteroatoms. The third-order valence-electron chi connectivity index (χ3n) is 4.88. The first kappa shape index (κ1) is 22.2. The zero-order chi connectivity index (χ0) is 19.4. The summed E-state index contributed by atoms with van der Waals surface area (Å²) in [6.45, 7) is 6.26. The van der Waals surface area contributed by atoms with Crippen molar-refractivity contribution in [2.24, 2.45) is 5.92 Å². The van der Waals surface area contributed by atoms with E-state index in [2.05, 4.69) is 34.8 Å². The fraction of sp³-hybridized carbons (Fsp3) is 0.526. The number of nitrogens with zero attached hydrogens (tertiary/aromatic N) is 3. The fourth-order valence-electron chi connectivity index (χ4n) is 3.30. The highest BCUT2D eigenvalue weighted by Gasteiger charge is 2.29. The molecule has 2 N–H and O–H groups in total. The van der Waals surface area contributed by atoms with Crippen LogP contribution >= 0.6 is 12.4 Å². The van der Waals surface area contributed by atoms with Gasteiger partial charge in [0.25, 0.3) is 5.91 Å². The van der Waals surface area contributed by atoms with E-state index in [1.807, 2.05) is 0 Å². The molecule has 0 saturated carbocycles. The van der Waals surface area contributed by atoms with Crippen LogP contribution in [-0.4, -0.2) is 40.0 Å². The first-order chi connectivity index (χ1) is 12.9. The molecule has 0 aliphatic carbocycles. The predicted octanol–water partition coefficient (Wildman–Crippen LogP) is 2.90. The zero-order valence-electron chi connectivity index (χ0n) is 16.0. The lowest BCUT2D eigenvalue weighted by atomic mass is 9.86. The fourth-order valence-corrected chi connectivity index (χ4v) is 3.30. The number of rotatable bonds is 6. The number of carbonyl (C=O) groups excluding carboxylic acids is 1. The van der Waals surface area contributed by atoms with E-state index >= 15 is 0 Å². The summed E-state index contributed by atoms with van der Waals surface area (Å²) in [4.78, 5) is 12.6. The monoisotopic (exact) mass is 413 g/mol. The molecule has 2 atom stereocenters. The number of nitrogens with one attached hydrogen (secondary N) is 2. The molecule has 2 heterocycles. The Morgan fingerprint density at radius 1 is 1.36 bits per heavy atom. The average molecular weight is 414 g/mol. The Bertz CT molecular complexity index is 798. The number of amides is 1. The second-order valence-corrected chi connectivity index (χ2v) is 7.40. The summed E-state index contributed by atoms with van der Waals surface area (Å²) < 4.78 is 28.5. The molecule has 28 heavy (non-hydrogen) atoms. The van der Waals surface area contributed by atoms with Gasteiger partial charge in [-0.3, -0.25) is 9.48 Å². The molecular weight excluding hydrogens is 388 g/mol. The van der Waals surface area contributed by atoms with Crippen molar-refractivity contribution in [3.63, 3.8) is 0 Å². The Hall–Kier alpha value is -2.06. The van der Waals surface area contributed by atoms with Gasteiger partial charge in [-0.1, -0.05) is 25.1 Å². The van der Waals surface area contributed by atoms with Crippen LogP contribution in [0.2, 0.25) is 0 Å². The number of carbonyl (C=O) groups is 1. The largest absolute Gasteiger partial charge is 0.346 e. The molecule has 0 spiro atoms. The van der Waals surface area contributed by atoms with Crippen LogP contribution in [0.15, 0.2) is 24.4 Å². The van der Waals surface area contributed by atoms with Gasteiger partial charge in [-0.05, 0) is 43.0 Å². The van der Waals surface area contributed by atoms with E-state index in [0.29, 0.717) is 24.6 Å². The minimum Gasteiger partial charge on any atom is -0.346 e. The first-order valence-electron chi connectivity index (χ1n) is 9.30. The SMILES string of the molecule is CC(C)CCn1cc(C(=O)NC2CNCCC2c2ccc(F)c(F)c2)nn1.Cl. The van der Waals surface area contributed by atoms with Gasteiger partial charge in [0.1, 0.15) is 0 Å². The van der Waals surface area contributed by atoms with Crippen molar-refractivity contribution in [1.82, 2.24) is 25.6 Å². The van der Waals surface area contributed by atoms with Crippen molar-refractivity contribution in [2.45, 2.75) is 45.2 Å². The molecule has 0 radical (unpaired) electrons. The molecule has 6 nitrogen and oxygen atoms in total. The van der Waals surface area contributed by atoms with Crippen molar-refractivity contribution in [1.29, 1.82) is 0 Å². The van der Waals surface area contributed by atoms with Crippen molar-refractivity contribution in [3.8, 4) is 0 Å². The molecule has 2 unspecified atom stereocenters. The second kappa shape index (κ2) is 9.93. The molecule has 1 aliphatic heterocycles. The third-order valence-corrected chi connectivity index (χ3v) is 4.88. The van der Waals surface area contributed by atoms with Crippen LogP contribution in [0.1, 0.15) is 48.7 Å². The molecule has 1 aromatic carbocycles. The smallest absolute Gasteiger partial charge is 0.273 e. The number of benzene rings is 1. The Labute approximate surface area is 169 Å². The molecular formula is C19H26ClF2N5O. The van der Waals surface area contributed by atoms with Gasteiger partial charge in [0.2, 0.25) is 0 Å². The van der Waals surface area contributed by atoms with Gasteiger partial charge in [0.15, 0.2) is 17.3 Å². The lowest BCUT2D eigenvalue weighted by Crippen LogP contribution is -2.50. The van der Waals surface area contributed by atoms with Gasteiger partial charge >= 0.3 is 0 Å². The van der Waals surface area contributed by atoms with Gasteiger partial charge in [0, 0.05) is 25.0 Å². The average Bonchev–Trinajstić information content (AvgIpc) is 3.12. The second-order valence-electron chi connectivity index (χ2n) is 7.40. The van der Waals surface area contributed by atoms with E-state index < -0.39 is 11.6 Å². The van der Waals surface area contributed by atoms with E-state index in [1.165, 1.54) is 6.07 Å².